The minimum Gasteiger partial charge on any atom is -0.454 e. The van der Waals surface area contributed by atoms with E-state index >= 15 is 0 Å². The zero-order valence-electron chi connectivity index (χ0n) is 16.1. The lowest BCUT2D eigenvalue weighted by Gasteiger charge is -2.21. The van der Waals surface area contributed by atoms with Crippen LogP contribution < -0.4 is 10.1 Å². The molecule has 0 aliphatic heterocycles. The van der Waals surface area contributed by atoms with Crippen molar-refractivity contribution < 1.29 is 4.42 Å². The van der Waals surface area contributed by atoms with Gasteiger partial charge in [-0.3, -0.25) is 0 Å². The average Bonchev–Trinajstić information content (AvgIpc) is 2.99. The van der Waals surface area contributed by atoms with E-state index in [-0.39, 0.29) is 0 Å². The molecule has 3 aromatic carbocycles. The molecule has 2 nitrogen and oxygen atoms in total. The normalized spacial score (nSPS) is 12.0. The number of fused-ring (bicyclic) bond motifs is 3. The maximum Gasteiger partial charge on any atom is 0.159 e. The SMILES string of the molecule is Cc1ccccc1N(C)c1cccc2c1oc1c([Si](C)(C)C)cccc12. The Morgan fingerprint density at radius 2 is 1.35 bits per heavy atom. The molecular formula is C23H25NOSi. The number of rotatable bonds is 3. The third-order valence-corrected chi connectivity index (χ3v) is 7.16. The zero-order valence-corrected chi connectivity index (χ0v) is 17.1. The van der Waals surface area contributed by atoms with E-state index in [4.69, 9.17) is 4.42 Å². The van der Waals surface area contributed by atoms with E-state index in [9.17, 15) is 0 Å². The molecule has 0 aliphatic carbocycles. The molecule has 4 aromatic rings. The van der Waals surface area contributed by atoms with Crippen molar-refractivity contribution in [2.24, 2.45) is 0 Å². The smallest absolute Gasteiger partial charge is 0.159 e. The van der Waals surface area contributed by atoms with E-state index in [1.807, 2.05) is 0 Å². The Labute approximate surface area is 156 Å². The molecule has 26 heavy (non-hydrogen) atoms. The molecular weight excluding hydrogens is 334 g/mol. The summed E-state index contributed by atoms with van der Waals surface area (Å²) in [4.78, 5) is 2.23. The predicted octanol–water partition coefficient (Wildman–Crippen LogP) is 6.21. The third-order valence-electron chi connectivity index (χ3n) is 5.15. The van der Waals surface area contributed by atoms with Crippen LogP contribution in [-0.2, 0) is 0 Å². The van der Waals surface area contributed by atoms with E-state index in [2.05, 4.69) is 99.2 Å². The number of benzene rings is 3. The lowest BCUT2D eigenvalue weighted by atomic mass is 10.1. The fourth-order valence-electron chi connectivity index (χ4n) is 3.73. The first-order valence-electron chi connectivity index (χ1n) is 9.12. The number of aryl methyl sites for hydroxylation is 1. The van der Waals surface area contributed by atoms with Crippen LogP contribution in [0.3, 0.4) is 0 Å². The van der Waals surface area contributed by atoms with Crippen LogP contribution >= 0.6 is 0 Å². The number of para-hydroxylation sites is 3. The number of nitrogens with zero attached hydrogens (tertiary/aromatic N) is 1. The Balaban J connectivity index is 1.99. The van der Waals surface area contributed by atoms with Gasteiger partial charge in [0.25, 0.3) is 0 Å². The Morgan fingerprint density at radius 3 is 2.04 bits per heavy atom. The van der Waals surface area contributed by atoms with Gasteiger partial charge in [0.15, 0.2) is 5.58 Å². The largest absolute Gasteiger partial charge is 0.454 e. The van der Waals surface area contributed by atoms with Crippen LogP contribution in [0.25, 0.3) is 21.9 Å². The first-order chi connectivity index (χ1) is 12.4. The first-order valence-corrected chi connectivity index (χ1v) is 12.6. The number of furan rings is 1. The van der Waals surface area contributed by atoms with Crippen LogP contribution in [-0.4, -0.2) is 15.1 Å². The van der Waals surface area contributed by atoms with Crippen molar-refractivity contribution in [3.63, 3.8) is 0 Å². The second-order valence-electron chi connectivity index (χ2n) is 8.03. The second kappa shape index (κ2) is 6.03. The molecule has 132 valence electrons. The highest BCUT2D eigenvalue weighted by molar-refractivity contribution is 6.90. The van der Waals surface area contributed by atoms with Gasteiger partial charge in [0.1, 0.15) is 5.58 Å². The van der Waals surface area contributed by atoms with Gasteiger partial charge in [0, 0.05) is 23.5 Å². The zero-order chi connectivity index (χ0) is 18.5. The molecule has 0 unspecified atom stereocenters. The Bertz CT molecular complexity index is 1100. The first kappa shape index (κ1) is 16.9. The molecule has 0 N–H and O–H groups in total. The molecule has 1 heterocycles. The Morgan fingerprint density at radius 1 is 0.731 bits per heavy atom. The summed E-state index contributed by atoms with van der Waals surface area (Å²) < 4.78 is 6.52. The molecule has 0 saturated heterocycles. The van der Waals surface area contributed by atoms with E-state index in [1.54, 1.807) is 0 Å². The fourth-order valence-corrected chi connectivity index (χ4v) is 5.19. The summed E-state index contributed by atoms with van der Waals surface area (Å²) in [6.07, 6.45) is 0. The van der Waals surface area contributed by atoms with Crippen LogP contribution in [0.4, 0.5) is 11.4 Å². The van der Waals surface area contributed by atoms with Crippen molar-refractivity contribution in [1.82, 2.24) is 0 Å². The molecule has 1 aromatic heterocycles. The van der Waals surface area contributed by atoms with E-state index in [1.165, 1.54) is 27.2 Å². The Kier molecular flexibility index (Phi) is 3.92. The van der Waals surface area contributed by atoms with Crippen LogP contribution in [0.2, 0.25) is 19.6 Å². The highest BCUT2D eigenvalue weighted by atomic mass is 28.3. The monoisotopic (exact) mass is 359 g/mol. The highest BCUT2D eigenvalue weighted by Gasteiger charge is 2.23. The van der Waals surface area contributed by atoms with E-state index < -0.39 is 8.07 Å². The van der Waals surface area contributed by atoms with Crippen LogP contribution in [0.1, 0.15) is 5.56 Å². The van der Waals surface area contributed by atoms with Gasteiger partial charge in [-0.25, -0.2) is 0 Å². The molecule has 4 rings (SSSR count). The van der Waals surface area contributed by atoms with Gasteiger partial charge in [0.05, 0.1) is 13.8 Å². The molecule has 0 atom stereocenters. The summed E-state index contributed by atoms with van der Waals surface area (Å²) >= 11 is 0. The van der Waals surface area contributed by atoms with Crippen molar-refractivity contribution >= 4 is 46.6 Å². The highest BCUT2D eigenvalue weighted by Crippen LogP contribution is 2.37. The van der Waals surface area contributed by atoms with Crippen molar-refractivity contribution in [1.29, 1.82) is 0 Å². The van der Waals surface area contributed by atoms with Gasteiger partial charge in [-0.2, -0.15) is 0 Å². The molecule has 0 bridgehead atoms. The van der Waals surface area contributed by atoms with Gasteiger partial charge < -0.3 is 9.32 Å². The topological polar surface area (TPSA) is 16.4 Å². The van der Waals surface area contributed by atoms with Crippen molar-refractivity contribution in [3.05, 3.63) is 66.2 Å². The average molecular weight is 360 g/mol. The minimum absolute atomic E-state index is 0.971. The molecule has 0 amide bonds. The van der Waals surface area contributed by atoms with Crippen molar-refractivity contribution in [2.75, 3.05) is 11.9 Å². The van der Waals surface area contributed by atoms with Gasteiger partial charge in [-0.15, -0.1) is 0 Å². The number of hydrogen-bond acceptors (Lipinski definition) is 2. The maximum atomic E-state index is 6.52. The van der Waals surface area contributed by atoms with Gasteiger partial charge in [-0.05, 0) is 29.8 Å². The van der Waals surface area contributed by atoms with Crippen LogP contribution in [0, 0.1) is 6.92 Å². The number of hydrogen-bond donors (Lipinski definition) is 0. The van der Waals surface area contributed by atoms with Crippen LogP contribution in [0.5, 0.6) is 0 Å². The summed E-state index contributed by atoms with van der Waals surface area (Å²) in [6, 6.07) is 21.5. The lowest BCUT2D eigenvalue weighted by molar-refractivity contribution is 0.671. The number of anilines is 2. The van der Waals surface area contributed by atoms with Gasteiger partial charge in [-0.1, -0.05) is 68.2 Å². The molecule has 0 radical (unpaired) electrons. The lowest BCUT2D eigenvalue weighted by Crippen LogP contribution is -2.37. The van der Waals surface area contributed by atoms with E-state index in [0.29, 0.717) is 0 Å². The second-order valence-corrected chi connectivity index (χ2v) is 13.1. The molecule has 0 aliphatic rings. The van der Waals surface area contributed by atoms with E-state index in [0.717, 1.165) is 16.9 Å². The van der Waals surface area contributed by atoms with Crippen molar-refractivity contribution in [3.8, 4) is 0 Å². The third kappa shape index (κ3) is 2.63. The maximum absolute atomic E-state index is 6.52. The minimum atomic E-state index is -1.49. The molecule has 0 spiro atoms. The van der Waals surface area contributed by atoms with Crippen LogP contribution in [0.15, 0.2) is 65.1 Å². The van der Waals surface area contributed by atoms with Crippen molar-refractivity contribution in [2.45, 2.75) is 26.6 Å². The summed E-state index contributed by atoms with van der Waals surface area (Å²) in [5.41, 5.74) is 5.59. The molecule has 0 fully saturated rings. The standard InChI is InChI=1S/C23H25NOSi/c1-16-10-6-7-13-19(16)24(2)20-14-8-11-17-18-12-9-15-21(26(3,4)5)23(18)25-22(17)20/h6-15H,1-5H3. The quantitative estimate of drug-likeness (QED) is 0.404. The summed E-state index contributed by atoms with van der Waals surface area (Å²) in [7, 11) is 0.629. The van der Waals surface area contributed by atoms with Gasteiger partial charge in [0.2, 0.25) is 0 Å². The summed E-state index contributed by atoms with van der Waals surface area (Å²) in [5.74, 6) is 0. The fraction of sp³-hybridized carbons (Fsp3) is 0.217. The van der Waals surface area contributed by atoms with Gasteiger partial charge >= 0.3 is 0 Å². The summed E-state index contributed by atoms with van der Waals surface area (Å²) in [5, 5.41) is 3.80. The Hall–Kier alpha value is -2.52. The predicted molar refractivity (Wildman–Crippen MR) is 116 cm³/mol. The molecule has 0 saturated carbocycles. The summed E-state index contributed by atoms with van der Waals surface area (Å²) in [6.45, 7) is 9.26. The molecule has 3 heteroatoms.